The van der Waals surface area contributed by atoms with Crippen molar-refractivity contribution in [2.24, 2.45) is 5.92 Å². The van der Waals surface area contributed by atoms with Gasteiger partial charge in [-0.2, -0.15) is 0 Å². The molecule has 0 fully saturated rings. The van der Waals surface area contributed by atoms with Gasteiger partial charge >= 0.3 is 4.87 Å². The highest BCUT2D eigenvalue weighted by molar-refractivity contribution is 7.09. The van der Waals surface area contributed by atoms with Gasteiger partial charge < -0.3 is 14.4 Å². The Morgan fingerprint density at radius 1 is 1.53 bits per heavy atom. The lowest BCUT2D eigenvalue weighted by Gasteiger charge is -2.20. The molecule has 1 aliphatic rings. The van der Waals surface area contributed by atoms with Crippen LogP contribution in [0.2, 0.25) is 0 Å². The molecule has 1 heterocycles. The molecule has 2 unspecified atom stereocenters. The Morgan fingerprint density at radius 2 is 2.26 bits per heavy atom. The first kappa shape index (κ1) is 14.8. The Morgan fingerprint density at radius 3 is 2.95 bits per heavy atom. The highest BCUT2D eigenvalue weighted by atomic mass is 32.1. The molecule has 0 saturated heterocycles. The van der Waals surface area contributed by atoms with Gasteiger partial charge in [-0.1, -0.05) is 18.3 Å². The third-order valence-corrected chi connectivity index (χ3v) is 4.55. The number of hydrogen-bond acceptors (Lipinski definition) is 4. The summed E-state index contributed by atoms with van der Waals surface area (Å²) in [6.07, 6.45) is 2.57. The van der Waals surface area contributed by atoms with E-state index in [1.54, 1.807) is 4.57 Å². The summed E-state index contributed by atoms with van der Waals surface area (Å²) in [4.78, 5) is 13.3. The van der Waals surface area contributed by atoms with Gasteiger partial charge in [-0.05, 0) is 39.0 Å². The van der Waals surface area contributed by atoms with Crippen molar-refractivity contribution < 1.29 is 9.84 Å². The molecule has 0 spiro atoms. The predicted octanol–water partition coefficient (Wildman–Crippen LogP) is 1.82. The van der Waals surface area contributed by atoms with Crippen LogP contribution in [0.15, 0.2) is 4.79 Å². The summed E-state index contributed by atoms with van der Waals surface area (Å²) in [5.74, 6) is 0.660. The number of hydrogen-bond donors (Lipinski definition) is 1. The van der Waals surface area contributed by atoms with Crippen molar-refractivity contribution in [3.63, 3.8) is 0 Å². The molecule has 0 bridgehead atoms. The number of aliphatic hydroxyl groups is 1. The first-order valence-corrected chi connectivity index (χ1v) is 7.80. The van der Waals surface area contributed by atoms with Crippen LogP contribution >= 0.6 is 11.3 Å². The first-order valence-electron chi connectivity index (χ1n) is 6.98. The van der Waals surface area contributed by atoms with E-state index in [1.807, 2.05) is 13.8 Å². The fraction of sp³-hybridized carbons (Fsp3) is 0.786. The topological polar surface area (TPSA) is 51.5 Å². The van der Waals surface area contributed by atoms with Gasteiger partial charge in [0.1, 0.15) is 0 Å². The number of nitrogens with zero attached hydrogens (tertiary/aromatic N) is 1. The van der Waals surface area contributed by atoms with E-state index in [9.17, 15) is 9.90 Å². The molecular formula is C14H23NO3S. The van der Waals surface area contributed by atoms with E-state index in [0.29, 0.717) is 12.5 Å². The highest BCUT2D eigenvalue weighted by Gasteiger charge is 2.23. The van der Waals surface area contributed by atoms with Crippen molar-refractivity contribution in [2.75, 3.05) is 6.61 Å². The number of fused-ring (bicyclic) bond motifs is 1. The molecule has 1 aliphatic carbocycles. The Kier molecular flexibility index (Phi) is 4.81. The number of thiazole rings is 1. The normalized spacial score (nSPS) is 20.6. The van der Waals surface area contributed by atoms with E-state index in [-0.39, 0.29) is 17.6 Å². The van der Waals surface area contributed by atoms with Crippen molar-refractivity contribution in [1.29, 1.82) is 0 Å². The van der Waals surface area contributed by atoms with Crippen molar-refractivity contribution in [1.82, 2.24) is 4.57 Å². The molecule has 0 saturated carbocycles. The van der Waals surface area contributed by atoms with Crippen LogP contribution in [0.25, 0.3) is 0 Å². The molecule has 0 aliphatic heterocycles. The van der Waals surface area contributed by atoms with Gasteiger partial charge in [0.15, 0.2) is 0 Å². The van der Waals surface area contributed by atoms with E-state index in [1.165, 1.54) is 16.2 Å². The van der Waals surface area contributed by atoms with E-state index < -0.39 is 6.10 Å². The zero-order valence-electron chi connectivity index (χ0n) is 11.9. The third kappa shape index (κ3) is 3.68. The quantitative estimate of drug-likeness (QED) is 0.898. The van der Waals surface area contributed by atoms with Crippen molar-refractivity contribution in [2.45, 2.75) is 58.8 Å². The van der Waals surface area contributed by atoms with Gasteiger partial charge in [0.25, 0.3) is 0 Å². The zero-order chi connectivity index (χ0) is 14.0. The second-order valence-corrected chi connectivity index (χ2v) is 6.78. The zero-order valence-corrected chi connectivity index (χ0v) is 12.7. The maximum Gasteiger partial charge on any atom is 0.307 e. The molecule has 2 atom stereocenters. The molecule has 0 aromatic carbocycles. The summed E-state index contributed by atoms with van der Waals surface area (Å²) in [5, 5.41) is 9.97. The van der Waals surface area contributed by atoms with Gasteiger partial charge in [0.2, 0.25) is 0 Å². The molecule has 1 aromatic rings. The second kappa shape index (κ2) is 6.20. The third-order valence-electron chi connectivity index (χ3n) is 3.50. The van der Waals surface area contributed by atoms with Gasteiger partial charge in [0, 0.05) is 10.6 Å². The lowest BCUT2D eigenvalue weighted by atomic mass is 9.93. The molecule has 19 heavy (non-hydrogen) atoms. The smallest absolute Gasteiger partial charge is 0.307 e. The minimum atomic E-state index is -0.613. The van der Waals surface area contributed by atoms with E-state index in [4.69, 9.17) is 4.74 Å². The van der Waals surface area contributed by atoms with Crippen LogP contribution in [-0.4, -0.2) is 28.5 Å². The number of aromatic nitrogens is 1. The molecule has 5 heteroatoms. The first-order chi connectivity index (χ1) is 8.97. The number of ether oxygens (including phenoxy) is 1. The van der Waals surface area contributed by atoms with Crippen LogP contribution < -0.4 is 4.87 Å². The van der Waals surface area contributed by atoms with E-state index in [0.717, 1.165) is 25.0 Å². The standard InChI is InChI=1S/C14H23NO3S/c1-9(2)18-8-11(16)7-15-12-5-4-10(3)6-13(12)19-14(15)17/h9-11,16H,4-8H2,1-3H3. The second-order valence-electron chi connectivity index (χ2n) is 5.73. The summed E-state index contributed by atoms with van der Waals surface area (Å²) in [6.45, 7) is 6.74. The van der Waals surface area contributed by atoms with Gasteiger partial charge in [-0.3, -0.25) is 4.79 Å². The van der Waals surface area contributed by atoms with Crippen LogP contribution in [0.3, 0.4) is 0 Å². The predicted molar refractivity (Wildman–Crippen MR) is 76.9 cm³/mol. The van der Waals surface area contributed by atoms with Gasteiger partial charge in [0.05, 0.1) is 25.4 Å². The summed E-state index contributed by atoms with van der Waals surface area (Å²) >= 11 is 1.34. The lowest BCUT2D eigenvalue weighted by molar-refractivity contribution is -0.00124. The van der Waals surface area contributed by atoms with E-state index in [2.05, 4.69) is 6.92 Å². The summed E-state index contributed by atoms with van der Waals surface area (Å²) in [7, 11) is 0. The molecule has 1 N–H and O–H groups in total. The summed E-state index contributed by atoms with van der Waals surface area (Å²) in [6, 6.07) is 0. The minimum absolute atomic E-state index is 0.0581. The summed E-state index contributed by atoms with van der Waals surface area (Å²) in [5.41, 5.74) is 1.14. The fourth-order valence-electron chi connectivity index (χ4n) is 2.47. The van der Waals surface area contributed by atoms with Crippen LogP contribution in [0.4, 0.5) is 0 Å². The molecule has 4 nitrogen and oxygen atoms in total. The van der Waals surface area contributed by atoms with Crippen molar-refractivity contribution >= 4 is 11.3 Å². The molecule has 108 valence electrons. The number of aliphatic hydroxyl groups excluding tert-OH is 1. The van der Waals surface area contributed by atoms with Crippen LogP contribution in [0, 0.1) is 5.92 Å². The maximum atomic E-state index is 12.0. The van der Waals surface area contributed by atoms with Crippen molar-refractivity contribution in [3.05, 3.63) is 20.2 Å². The minimum Gasteiger partial charge on any atom is -0.389 e. The molecular weight excluding hydrogens is 262 g/mol. The van der Waals surface area contributed by atoms with Crippen LogP contribution in [0.5, 0.6) is 0 Å². The van der Waals surface area contributed by atoms with Gasteiger partial charge in [-0.15, -0.1) is 0 Å². The molecule has 1 aromatic heterocycles. The monoisotopic (exact) mass is 285 g/mol. The highest BCUT2D eigenvalue weighted by Crippen LogP contribution is 2.27. The van der Waals surface area contributed by atoms with Gasteiger partial charge in [-0.25, -0.2) is 0 Å². The summed E-state index contributed by atoms with van der Waals surface area (Å²) < 4.78 is 7.14. The Bertz CT molecular complexity index is 478. The van der Waals surface area contributed by atoms with Crippen molar-refractivity contribution in [3.8, 4) is 0 Å². The molecule has 2 rings (SSSR count). The number of rotatable bonds is 5. The van der Waals surface area contributed by atoms with E-state index >= 15 is 0 Å². The Hall–Kier alpha value is -0.650. The fourth-order valence-corrected chi connectivity index (χ4v) is 3.67. The average molecular weight is 285 g/mol. The van der Waals surface area contributed by atoms with Crippen LogP contribution in [0.1, 0.15) is 37.8 Å². The Labute approximate surface area is 118 Å². The average Bonchev–Trinajstić information content (AvgIpc) is 2.62. The lowest BCUT2D eigenvalue weighted by Crippen LogP contribution is -2.29. The molecule has 0 radical (unpaired) electrons. The maximum absolute atomic E-state index is 12.0. The SMILES string of the molecule is CC1CCc2c(sc(=O)n2CC(O)COC(C)C)C1. The molecule has 0 amide bonds. The van der Waals surface area contributed by atoms with Crippen LogP contribution in [-0.2, 0) is 24.1 Å². The largest absolute Gasteiger partial charge is 0.389 e. The Balaban J connectivity index is 2.06.